The van der Waals surface area contributed by atoms with E-state index < -0.39 is 10.0 Å². The Morgan fingerprint density at radius 3 is 2.68 bits per heavy atom. The molecule has 1 heterocycles. The molecule has 1 saturated carbocycles. The molecule has 25 heavy (non-hydrogen) atoms. The van der Waals surface area contributed by atoms with Crippen molar-refractivity contribution < 1.29 is 17.9 Å². The van der Waals surface area contributed by atoms with Gasteiger partial charge in [0.25, 0.3) is 5.91 Å². The number of hydrogen-bond donors (Lipinski definition) is 3. The normalized spacial score (nSPS) is 23.9. The summed E-state index contributed by atoms with van der Waals surface area (Å²) in [7, 11) is -2.29. The van der Waals surface area contributed by atoms with Gasteiger partial charge in [-0.25, -0.2) is 13.1 Å². The molecule has 3 N–H and O–H groups in total. The van der Waals surface area contributed by atoms with Gasteiger partial charge in [-0.15, -0.1) is 0 Å². The maximum atomic E-state index is 12.6. The van der Waals surface area contributed by atoms with E-state index in [-0.39, 0.29) is 28.6 Å². The van der Waals surface area contributed by atoms with Gasteiger partial charge >= 0.3 is 0 Å². The monoisotopic (exact) mass is 367 g/mol. The average Bonchev–Trinajstić information content (AvgIpc) is 3.39. The Morgan fingerprint density at radius 1 is 1.28 bits per heavy atom. The summed E-state index contributed by atoms with van der Waals surface area (Å²) in [6.45, 7) is 3.81. The standard InChI is InChI=1S/C17H25N3O4S/c1-11-10-18-8-7-14(11)19-17(21)12-3-6-15(24-2)16(9-12)25(22,23)20-13-4-5-13/h3,6,9,11,13-14,18,20H,4-5,7-8,10H2,1-2H3,(H,19,21). The summed E-state index contributed by atoms with van der Waals surface area (Å²) in [4.78, 5) is 12.6. The van der Waals surface area contributed by atoms with Crippen LogP contribution >= 0.6 is 0 Å². The van der Waals surface area contributed by atoms with Crippen molar-refractivity contribution in [2.45, 2.75) is 43.2 Å². The van der Waals surface area contributed by atoms with Crippen molar-refractivity contribution in [3.05, 3.63) is 23.8 Å². The van der Waals surface area contributed by atoms with Gasteiger partial charge in [-0.05, 0) is 56.5 Å². The van der Waals surface area contributed by atoms with Crippen LogP contribution in [0.3, 0.4) is 0 Å². The van der Waals surface area contributed by atoms with Crippen LogP contribution in [0, 0.1) is 5.92 Å². The highest BCUT2D eigenvalue weighted by molar-refractivity contribution is 7.89. The van der Waals surface area contributed by atoms with Gasteiger partial charge in [0.05, 0.1) is 7.11 Å². The maximum absolute atomic E-state index is 12.6. The molecule has 1 aromatic rings. The zero-order valence-electron chi connectivity index (χ0n) is 14.5. The number of hydrogen-bond acceptors (Lipinski definition) is 5. The second-order valence-corrected chi connectivity index (χ2v) is 8.49. The van der Waals surface area contributed by atoms with Gasteiger partial charge in [-0.2, -0.15) is 0 Å². The van der Waals surface area contributed by atoms with E-state index in [2.05, 4.69) is 22.3 Å². The first-order valence-electron chi connectivity index (χ1n) is 8.62. The van der Waals surface area contributed by atoms with Crippen molar-refractivity contribution in [3.8, 4) is 5.75 Å². The highest BCUT2D eigenvalue weighted by atomic mass is 32.2. The zero-order valence-corrected chi connectivity index (χ0v) is 15.4. The number of benzene rings is 1. The molecular formula is C17H25N3O4S. The maximum Gasteiger partial charge on any atom is 0.251 e. The van der Waals surface area contributed by atoms with Gasteiger partial charge in [-0.3, -0.25) is 4.79 Å². The number of rotatable bonds is 6. The molecule has 138 valence electrons. The zero-order chi connectivity index (χ0) is 18.0. The van der Waals surface area contributed by atoms with Crippen LogP contribution in [0.5, 0.6) is 5.75 Å². The van der Waals surface area contributed by atoms with Gasteiger partial charge < -0.3 is 15.4 Å². The predicted octanol–water partition coefficient (Wildman–Crippen LogP) is 0.864. The Hall–Kier alpha value is -1.64. The number of ether oxygens (including phenoxy) is 1. The summed E-state index contributed by atoms with van der Waals surface area (Å²) in [5.41, 5.74) is 0.322. The fourth-order valence-electron chi connectivity index (χ4n) is 2.99. The largest absolute Gasteiger partial charge is 0.495 e. The number of sulfonamides is 1. The summed E-state index contributed by atoms with van der Waals surface area (Å²) in [5, 5.41) is 6.31. The van der Waals surface area contributed by atoms with Crippen LogP contribution in [0.4, 0.5) is 0 Å². The lowest BCUT2D eigenvalue weighted by Crippen LogP contribution is -2.48. The number of carbonyl (C=O) groups is 1. The third-order valence-corrected chi connectivity index (χ3v) is 6.26. The van der Waals surface area contributed by atoms with E-state index in [1.54, 1.807) is 6.07 Å². The van der Waals surface area contributed by atoms with E-state index in [0.29, 0.717) is 11.5 Å². The second kappa shape index (κ2) is 7.31. The molecule has 0 aromatic heterocycles. The van der Waals surface area contributed by atoms with Gasteiger partial charge in [-0.1, -0.05) is 6.92 Å². The van der Waals surface area contributed by atoms with Crippen molar-refractivity contribution >= 4 is 15.9 Å². The quantitative estimate of drug-likeness (QED) is 0.693. The molecule has 0 spiro atoms. The molecule has 2 fully saturated rings. The minimum atomic E-state index is -3.70. The van der Waals surface area contributed by atoms with E-state index in [1.165, 1.54) is 19.2 Å². The third kappa shape index (κ3) is 4.31. The Labute approximate surface area is 148 Å². The first-order chi connectivity index (χ1) is 11.9. The van der Waals surface area contributed by atoms with Crippen LogP contribution in [0.1, 0.15) is 36.5 Å². The topological polar surface area (TPSA) is 96.5 Å². The molecule has 8 heteroatoms. The van der Waals surface area contributed by atoms with Crippen molar-refractivity contribution in [1.29, 1.82) is 0 Å². The highest BCUT2D eigenvalue weighted by Crippen LogP contribution is 2.28. The second-order valence-electron chi connectivity index (χ2n) is 6.81. The molecule has 1 aliphatic heterocycles. The summed E-state index contributed by atoms with van der Waals surface area (Å²) >= 11 is 0. The Balaban J connectivity index is 1.81. The molecule has 1 aliphatic carbocycles. The van der Waals surface area contributed by atoms with Crippen molar-refractivity contribution in [1.82, 2.24) is 15.4 Å². The van der Waals surface area contributed by atoms with Crippen LogP contribution in [0.25, 0.3) is 0 Å². The molecule has 3 rings (SSSR count). The van der Waals surface area contributed by atoms with E-state index in [0.717, 1.165) is 32.4 Å². The van der Waals surface area contributed by atoms with E-state index in [1.807, 2.05) is 0 Å². The summed E-state index contributed by atoms with van der Waals surface area (Å²) in [5.74, 6) is 0.305. The fourth-order valence-corrected chi connectivity index (χ4v) is 4.49. The summed E-state index contributed by atoms with van der Waals surface area (Å²) < 4.78 is 32.9. The van der Waals surface area contributed by atoms with Crippen molar-refractivity contribution in [2.24, 2.45) is 5.92 Å². The molecule has 2 unspecified atom stereocenters. The van der Waals surface area contributed by atoms with Gasteiger partial charge in [0.2, 0.25) is 10.0 Å². The lowest BCUT2D eigenvalue weighted by Gasteiger charge is -2.30. The first-order valence-corrected chi connectivity index (χ1v) is 10.1. The third-order valence-electron chi connectivity index (χ3n) is 4.72. The van der Waals surface area contributed by atoms with Crippen LogP contribution in [-0.4, -0.2) is 46.6 Å². The summed E-state index contributed by atoms with van der Waals surface area (Å²) in [6, 6.07) is 4.59. The van der Waals surface area contributed by atoms with Crippen LogP contribution in [0.2, 0.25) is 0 Å². The smallest absolute Gasteiger partial charge is 0.251 e. The Kier molecular flexibility index (Phi) is 5.31. The molecule has 1 amide bonds. The minimum Gasteiger partial charge on any atom is -0.495 e. The molecule has 2 aliphatic rings. The van der Waals surface area contributed by atoms with Crippen molar-refractivity contribution in [3.63, 3.8) is 0 Å². The van der Waals surface area contributed by atoms with E-state index >= 15 is 0 Å². The molecule has 1 saturated heterocycles. The lowest BCUT2D eigenvalue weighted by molar-refractivity contribution is 0.0914. The molecule has 2 atom stereocenters. The molecular weight excluding hydrogens is 342 g/mol. The number of piperidine rings is 1. The molecule has 0 bridgehead atoms. The summed E-state index contributed by atoms with van der Waals surface area (Å²) in [6.07, 6.45) is 2.54. The Bertz CT molecular complexity index is 746. The van der Waals surface area contributed by atoms with Gasteiger partial charge in [0.15, 0.2) is 0 Å². The van der Waals surface area contributed by atoms with Gasteiger partial charge in [0.1, 0.15) is 10.6 Å². The number of amides is 1. The average molecular weight is 367 g/mol. The van der Waals surface area contributed by atoms with Crippen LogP contribution in [-0.2, 0) is 10.0 Å². The fraction of sp³-hybridized carbons (Fsp3) is 0.588. The number of carbonyl (C=O) groups excluding carboxylic acids is 1. The molecule has 1 aromatic carbocycles. The Morgan fingerprint density at radius 2 is 2.04 bits per heavy atom. The lowest BCUT2D eigenvalue weighted by atomic mass is 9.95. The van der Waals surface area contributed by atoms with Crippen LogP contribution in [0.15, 0.2) is 23.1 Å². The molecule has 0 radical (unpaired) electrons. The van der Waals surface area contributed by atoms with E-state index in [4.69, 9.17) is 4.74 Å². The number of methoxy groups -OCH3 is 1. The predicted molar refractivity (Wildman–Crippen MR) is 94.2 cm³/mol. The van der Waals surface area contributed by atoms with Crippen molar-refractivity contribution in [2.75, 3.05) is 20.2 Å². The minimum absolute atomic E-state index is 0.00732. The number of nitrogens with one attached hydrogen (secondary N) is 3. The SMILES string of the molecule is COc1ccc(C(=O)NC2CCNCC2C)cc1S(=O)(=O)NC1CC1. The van der Waals surface area contributed by atoms with Gasteiger partial charge in [0, 0.05) is 17.6 Å². The molecule has 7 nitrogen and oxygen atoms in total. The van der Waals surface area contributed by atoms with E-state index in [9.17, 15) is 13.2 Å². The first kappa shape index (κ1) is 18.2. The highest BCUT2D eigenvalue weighted by Gasteiger charge is 2.31. The van der Waals surface area contributed by atoms with Crippen LogP contribution < -0.4 is 20.1 Å².